The maximum Gasteiger partial charge on any atom is 0.0575 e. The molecular formula is C16H32N2O. The lowest BCUT2D eigenvalue weighted by Gasteiger charge is -2.35. The molecule has 0 radical (unpaired) electrons. The Hall–Kier alpha value is -0.120. The molecule has 2 aliphatic rings. The average Bonchev–Trinajstić information content (AvgIpc) is 2.38. The Morgan fingerprint density at radius 2 is 1.68 bits per heavy atom. The second-order valence-corrected chi connectivity index (χ2v) is 7.57. The molecule has 1 N–H and O–H groups in total. The Bertz CT molecular complexity index is 248. The molecular weight excluding hydrogens is 236 g/mol. The molecule has 0 bridgehead atoms. The lowest BCUT2D eigenvalue weighted by atomic mass is 9.86. The van der Waals surface area contributed by atoms with Crippen LogP contribution in [0.3, 0.4) is 0 Å². The quantitative estimate of drug-likeness (QED) is 0.848. The molecule has 112 valence electrons. The Labute approximate surface area is 119 Å². The van der Waals surface area contributed by atoms with E-state index in [-0.39, 0.29) is 0 Å². The Morgan fingerprint density at radius 1 is 1.05 bits per heavy atom. The molecule has 2 fully saturated rings. The van der Waals surface area contributed by atoms with Gasteiger partial charge in [-0.3, -0.25) is 0 Å². The number of piperazine rings is 1. The number of hydrogen-bond donors (Lipinski definition) is 1. The van der Waals surface area contributed by atoms with Crippen LogP contribution in [-0.2, 0) is 4.74 Å². The van der Waals surface area contributed by atoms with Crippen LogP contribution in [-0.4, -0.2) is 50.3 Å². The van der Waals surface area contributed by atoms with E-state index in [0.717, 1.165) is 12.5 Å². The predicted octanol–water partition coefficient (Wildman–Crippen LogP) is 2.51. The summed E-state index contributed by atoms with van der Waals surface area (Å²) < 4.78 is 6.06. The van der Waals surface area contributed by atoms with Gasteiger partial charge in [-0.1, -0.05) is 20.8 Å². The molecule has 1 aliphatic carbocycles. The summed E-state index contributed by atoms with van der Waals surface area (Å²) in [6.45, 7) is 13.8. The van der Waals surface area contributed by atoms with Gasteiger partial charge in [0.1, 0.15) is 0 Å². The first-order valence-electron chi connectivity index (χ1n) is 8.07. The fourth-order valence-electron chi connectivity index (χ4n) is 3.11. The molecule has 0 unspecified atom stereocenters. The molecule has 0 spiro atoms. The van der Waals surface area contributed by atoms with E-state index in [9.17, 15) is 0 Å². The van der Waals surface area contributed by atoms with Gasteiger partial charge in [0.25, 0.3) is 0 Å². The van der Waals surface area contributed by atoms with E-state index < -0.39 is 0 Å². The molecule has 2 rings (SSSR count). The van der Waals surface area contributed by atoms with Crippen LogP contribution in [0.5, 0.6) is 0 Å². The summed E-state index contributed by atoms with van der Waals surface area (Å²) in [5.41, 5.74) is 0.303. The highest BCUT2D eigenvalue weighted by Crippen LogP contribution is 2.28. The summed E-state index contributed by atoms with van der Waals surface area (Å²) in [6.07, 6.45) is 5.79. The highest BCUT2D eigenvalue weighted by atomic mass is 16.5. The third-order valence-corrected chi connectivity index (χ3v) is 4.27. The number of rotatable bonds is 4. The monoisotopic (exact) mass is 268 g/mol. The largest absolute Gasteiger partial charge is 0.378 e. The summed E-state index contributed by atoms with van der Waals surface area (Å²) in [5, 5.41) is 3.43. The van der Waals surface area contributed by atoms with Crippen molar-refractivity contribution in [3.05, 3.63) is 0 Å². The SMILES string of the molecule is CC(C)(C)CO[C@H]1CC[C@H](CN2CCNCC2)CC1. The van der Waals surface area contributed by atoms with Gasteiger partial charge in [-0.25, -0.2) is 0 Å². The van der Waals surface area contributed by atoms with Gasteiger partial charge in [0.05, 0.1) is 12.7 Å². The zero-order chi connectivity index (χ0) is 13.7. The lowest BCUT2D eigenvalue weighted by molar-refractivity contribution is -0.0196. The molecule has 0 atom stereocenters. The van der Waals surface area contributed by atoms with Gasteiger partial charge in [-0.2, -0.15) is 0 Å². The van der Waals surface area contributed by atoms with E-state index in [1.165, 1.54) is 58.4 Å². The van der Waals surface area contributed by atoms with Crippen LogP contribution < -0.4 is 5.32 Å². The third kappa shape index (κ3) is 5.80. The van der Waals surface area contributed by atoms with E-state index >= 15 is 0 Å². The minimum atomic E-state index is 0.303. The summed E-state index contributed by atoms with van der Waals surface area (Å²) in [6, 6.07) is 0. The Balaban J connectivity index is 1.62. The van der Waals surface area contributed by atoms with Crippen molar-refractivity contribution in [2.75, 3.05) is 39.3 Å². The Kier molecular flexibility index (Phi) is 5.67. The zero-order valence-electron chi connectivity index (χ0n) is 13.1. The van der Waals surface area contributed by atoms with Gasteiger partial charge >= 0.3 is 0 Å². The minimum absolute atomic E-state index is 0.303. The van der Waals surface area contributed by atoms with E-state index in [2.05, 4.69) is 31.0 Å². The topological polar surface area (TPSA) is 24.5 Å². The molecule has 1 heterocycles. The summed E-state index contributed by atoms with van der Waals surface area (Å²) in [5.74, 6) is 0.910. The minimum Gasteiger partial charge on any atom is -0.378 e. The highest BCUT2D eigenvalue weighted by molar-refractivity contribution is 4.78. The molecule has 0 amide bonds. The van der Waals surface area contributed by atoms with Gasteiger partial charge < -0.3 is 15.0 Å². The van der Waals surface area contributed by atoms with Crippen LogP contribution in [0, 0.1) is 11.3 Å². The van der Waals surface area contributed by atoms with Gasteiger partial charge in [0, 0.05) is 32.7 Å². The van der Waals surface area contributed by atoms with Crippen molar-refractivity contribution < 1.29 is 4.74 Å². The second kappa shape index (κ2) is 7.05. The standard InChI is InChI=1S/C16H32N2O/c1-16(2,3)13-19-15-6-4-14(5-7-15)12-18-10-8-17-9-11-18/h14-15,17H,4-13H2,1-3H3/t14-,15-. The first-order chi connectivity index (χ1) is 9.03. The number of nitrogens with zero attached hydrogens (tertiary/aromatic N) is 1. The Morgan fingerprint density at radius 3 is 2.26 bits per heavy atom. The van der Waals surface area contributed by atoms with Crippen LogP contribution in [0.2, 0.25) is 0 Å². The first-order valence-corrected chi connectivity index (χ1v) is 8.07. The van der Waals surface area contributed by atoms with Crippen molar-refractivity contribution in [3.8, 4) is 0 Å². The van der Waals surface area contributed by atoms with E-state index in [4.69, 9.17) is 4.74 Å². The second-order valence-electron chi connectivity index (χ2n) is 7.57. The summed E-state index contributed by atoms with van der Waals surface area (Å²) in [4.78, 5) is 2.64. The fourth-order valence-corrected chi connectivity index (χ4v) is 3.11. The fraction of sp³-hybridized carbons (Fsp3) is 1.00. The van der Waals surface area contributed by atoms with Crippen molar-refractivity contribution in [3.63, 3.8) is 0 Å². The molecule has 1 saturated carbocycles. The average molecular weight is 268 g/mol. The highest BCUT2D eigenvalue weighted by Gasteiger charge is 2.25. The van der Waals surface area contributed by atoms with E-state index in [1.807, 2.05) is 0 Å². The first kappa shape index (κ1) is 15.3. The van der Waals surface area contributed by atoms with Crippen molar-refractivity contribution in [2.24, 2.45) is 11.3 Å². The summed E-state index contributed by atoms with van der Waals surface area (Å²) >= 11 is 0. The van der Waals surface area contributed by atoms with Gasteiger partial charge in [0.15, 0.2) is 0 Å². The number of nitrogens with one attached hydrogen (secondary N) is 1. The van der Waals surface area contributed by atoms with Gasteiger partial charge in [-0.15, -0.1) is 0 Å². The third-order valence-electron chi connectivity index (χ3n) is 4.27. The molecule has 1 saturated heterocycles. The van der Waals surface area contributed by atoms with Crippen LogP contribution >= 0.6 is 0 Å². The lowest BCUT2D eigenvalue weighted by Crippen LogP contribution is -2.45. The maximum atomic E-state index is 6.06. The predicted molar refractivity (Wildman–Crippen MR) is 80.5 cm³/mol. The molecule has 19 heavy (non-hydrogen) atoms. The molecule has 0 aromatic rings. The van der Waals surface area contributed by atoms with E-state index in [1.54, 1.807) is 0 Å². The smallest absolute Gasteiger partial charge is 0.0575 e. The molecule has 0 aromatic heterocycles. The summed E-state index contributed by atoms with van der Waals surface area (Å²) in [7, 11) is 0. The maximum absolute atomic E-state index is 6.06. The number of ether oxygens (including phenoxy) is 1. The molecule has 3 nitrogen and oxygen atoms in total. The molecule has 1 aliphatic heterocycles. The van der Waals surface area contributed by atoms with Crippen LogP contribution in [0.25, 0.3) is 0 Å². The molecule has 0 aromatic carbocycles. The van der Waals surface area contributed by atoms with Crippen molar-refractivity contribution >= 4 is 0 Å². The zero-order valence-corrected chi connectivity index (χ0v) is 13.1. The van der Waals surface area contributed by atoms with Crippen molar-refractivity contribution in [1.29, 1.82) is 0 Å². The van der Waals surface area contributed by atoms with Crippen LogP contribution in [0.4, 0.5) is 0 Å². The normalized spacial score (nSPS) is 30.5. The van der Waals surface area contributed by atoms with E-state index in [0.29, 0.717) is 11.5 Å². The molecule has 3 heteroatoms. The number of hydrogen-bond acceptors (Lipinski definition) is 3. The van der Waals surface area contributed by atoms with Gasteiger partial charge in [-0.05, 0) is 37.0 Å². The van der Waals surface area contributed by atoms with Gasteiger partial charge in [0.2, 0.25) is 0 Å². The van der Waals surface area contributed by atoms with Crippen LogP contribution in [0.1, 0.15) is 46.5 Å². The van der Waals surface area contributed by atoms with Crippen molar-refractivity contribution in [2.45, 2.75) is 52.6 Å². The van der Waals surface area contributed by atoms with Crippen molar-refractivity contribution in [1.82, 2.24) is 10.2 Å². The van der Waals surface area contributed by atoms with Crippen LogP contribution in [0.15, 0.2) is 0 Å².